The molecule has 0 aliphatic carbocycles. The van der Waals surface area contributed by atoms with E-state index in [2.05, 4.69) is 10.6 Å². The van der Waals surface area contributed by atoms with Gasteiger partial charge in [-0.15, -0.1) is 0 Å². The molecular weight excluding hydrogens is 334 g/mol. The number of primary amides is 1. The minimum atomic E-state index is -1.37. The predicted octanol–water partition coefficient (Wildman–Crippen LogP) is -2.81. The van der Waals surface area contributed by atoms with Crippen molar-refractivity contribution in [1.82, 2.24) is 10.6 Å². The molecule has 1 aliphatic heterocycles. The highest BCUT2D eigenvalue weighted by molar-refractivity contribution is 5.82. The molecule has 1 heterocycles. The van der Waals surface area contributed by atoms with E-state index < -0.39 is 42.7 Å². The van der Waals surface area contributed by atoms with Gasteiger partial charge in [-0.25, -0.2) is 0 Å². The maximum Gasteiger partial charge on any atom is 0.237 e. The van der Waals surface area contributed by atoms with Crippen LogP contribution in [0.5, 0.6) is 0 Å². The van der Waals surface area contributed by atoms with Crippen LogP contribution in [0.2, 0.25) is 0 Å². The molecule has 0 spiro atoms. The lowest BCUT2D eigenvalue weighted by Gasteiger charge is -2.38. The van der Waals surface area contributed by atoms with Gasteiger partial charge in [-0.05, 0) is 20.3 Å². The Kier molecular flexibility index (Phi) is 9.25. The fourth-order valence-corrected chi connectivity index (χ4v) is 2.47. The summed E-state index contributed by atoms with van der Waals surface area (Å²) in [6.07, 6.45) is -5.36. The summed E-state index contributed by atoms with van der Waals surface area (Å²) >= 11 is 0. The molecule has 0 radical (unpaired) electrons. The van der Waals surface area contributed by atoms with Crippen LogP contribution in [0.1, 0.15) is 26.7 Å². The van der Waals surface area contributed by atoms with E-state index in [1.54, 1.807) is 13.8 Å². The molecule has 0 aromatic carbocycles. The first kappa shape index (κ1) is 21.7. The second-order valence-electron chi connectivity index (χ2n) is 5.96. The van der Waals surface area contributed by atoms with Crippen LogP contribution in [0, 0.1) is 0 Å². The number of rotatable bonds is 10. The standard InChI is InChI=1S/C15H29N3O7/c1-3-17-14(23)9(4-5-10(16)19)18-6-7-24-15-13(22)12(21)11(20)8(2)25-15/h8-9,11-13,15,18,20-22H,3-7H2,1-2H3,(H2,16,19)(H,17,23)/t8-,9-,11+,12+,13-,15+/m0/s1. The molecule has 0 saturated carbocycles. The van der Waals surface area contributed by atoms with Gasteiger partial charge in [-0.2, -0.15) is 0 Å². The first-order chi connectivity index (χ1) is 11.8. The van der Waals surface area contributed by atoms with Gasteiger partial charge in [0.1, 0.15) is 18.3 Å². The number of carbonyl (C=O) groups is 2. The van der Waals surface area contributed by atoms with E-state index in [9.17, 15) is 24.9 Å². The zero-order valence-corrected chi connectivity index (χ0v) is 14.6. The second-order valence-corrected chi connectivity index (χ2v) is 5.96. The first-order valence-corrected chi connectivity index (χ1v) is 8.38. The van der Waals surface area contributed by atoms with Crippen molar-refractivity contribution in [3.05, 3.63) is 0 Å². The van der Waals surface area contributed by atoms with Crippen LogP contribution in [-0.4, -0.2) is 83.6 Å². The van der Waals surface area contributed by atoms with Crippen molar-refractivity contribution < 1.29 is 34.4 Å². The Bertz CT molecular complexity index is 437. The highest BCUT2D eigenvalue weighted by Gasteiger charge is 2.42. The number of hydrogen-bond acceptors (Lipinski definition) is 8. The summed E-state index contributed by atoms with van der Waals surface area (Å²) in [5.74, 6) is -0.738. The van der Waals surface area contributed by atoms with Gasteiger partial charge in [0.25, 0.3) is 0 Å². The van der Waals surface area contributed by atoms with E-state index in [4.69, 9.17) is 15.2 Å². The van der Waals surface area contributed by atoms with Gasteiger partial charge in [0.2, 0.25) is 11.8 Å². The molecule has 1 rings (SSSR count). The van der Waals surface area contributed by atoms with Crippen molar-refractivity contribution in [2.45, 2.75) is 63.4 Å². The van der Waals surface area contributed by atoms with Crippen LogP contribution in [0.25, 0.3) is 0 Å². The quantitative estimate of drug-likeness (QED) is 0.226. The van der Waals surface area contributed by atoms with E-state index >= 15 is 0 Å². The lowest BCUT2D eigenvalue weighted by Crippen LogP contribution is -2.57. The van der Waals surface area contributed by atoms with E-state index in [1.807, 2.05) is 0 Å². The SMILES string of the molecule is CCNC(=O)[C@H](CCC(N)=O)NCCO[C@@H]1O[C@@H](C)[C@@H](O)[C@@H](O)[C@@H]1O. The van der Waals surface area contributed by atoms with Crippen LogP contribution in [0.15, 0.2) is 0 Å². The number of hydrogen-bond donors (Lipinski definition) is 6. The lowest BCUT2D eigenvalue weighted by atomic mass is 10.0. The number of carbonyl (C=O) groups excluding carboxylic acids is 2. The molecule has 10 nitrogen and oxygen atoms in total. The fourth-order valence-electron chi connectivity index (χ4n) is 2.47. The minimum Gasteiger partial charge on any atom is -0.388 e. The average Bonchev–Trinajstić information content (AvgIpc) is 2.56. The largest absolute Gasteiger partial charge is 0.388 e. The van der Waals surface area contributed by atoms with Crippen LogP contribution in [-0.2, 0) is 19.1 Å². The summed E-state index contributed by atoms with van der Waals surface area (Å²) in [7, 11) is 0. The minimum absolute atomic E-state index is 0.0711. The molecule has 1 fully saturated rings. The van der Waals surface area contributed by atoms with Crippen molar-refractivity contribution in [1.29, 1.82) is 0 Å². The highest BCUT2D eigenvalue weighted by Crippen LogP contribution is 2.21. The maximum atomic E-state index is 11.9. The topological polar surface area (TPSA) is 163 Å². The number of likely N-dealkylation sites (N-methyl/N-ethyl adjacent to an activating group) is 1. The van der Waals surface area contributed by atoms with Gasteiger partial charge < -0.3 is 41.2 Å². The summed E-state index contributed by atoms with van der Waals surface area (Å²) < 4.78 is 10.7. The smallest absolute Gasteiger partial charge is 0.237 e. The zero-order valence-electron chi connectivity index (χ0n) is 14.6. The van der Waals surface area contributed by atoms with Crippen LogP contribution in [0.3, 0.4) is 0 Å². The zero-order chi connectivity index (χ0) is 19.0. The van der Waals surface area contributed by atoms with Crippen molar-refractivity contribution in [2.24, 2.45) is 5.73 Å². The van der Waals surface area contributed by atoms with Crippen molar-refractivity contribution >= 4 is 11.8 Å². The second kappa shape index (κ2) is 10.6. The normalized spacial score (nSPS) is 30.7. The van der Waals surface area contributed by atoms with Crippen LogP contribution < -0.4 is 16.4 Å². The molecule has 0 unspecified atom stereocenters. The van der Waals surface area contributed by atoms with E-state index in [0.29, 0.717) is 6.54 Å². The third kappa shape index (κ3) is 6.84. The molecular formula is C15H29N3O7. The number of nitrogens with one attached hydrogen (secondary N) is 2. The third-order valence-electron chi connectivity index (χ3n) is 3.93. The Hall–Kier alpha value is -1.30. The Balaban J connectivity index is 2.41. The predicted molar refractivity (Wildman–Crippen MR) is 87.2 cm³/mol. The van der Waals surface area contributed by atoms with E-state index in [-0.39, 0.29) is 31.9 Å². The number of aliphatic hydroxyl groups excluding tert-OH is 3. The van der Waals surface area contributed by atoms with Gasteiger partial charge in [0.15, 0.2) is 6.29 Å². The Morgan fingerprint density at radius 1 is 1.24 bits per heavy atom. The molecule has 7 N–H and O–H groups in total. The van der Waals surface area contributed by atoms with Crippen molar-refractivity contribution in [2.75, 3.05) is 19.7 Å². The summed E-state index contributed by atoms with van der Waals surface area (Å²) in [4.78, 5) is 22.8. The number of aliphatic hydroxyl groups is 3. The van der Waals surface area contributed by atoms with Gasteiger partial charge in [-0.1, -0.05) is 0 Å². The van der Waals surface area contributed by atoms with Gasteiger partial charge in [0.05, 0.1) is 18.8 Å². The molecule has 1 saturated heterocycles. The molecule has 146 valence electrons. The maximum absolute atomic E-state index is 11.9. The summed E-state index contributed by atoms with van der Waals surface area (Å²) in [5.41, 5.74) is 5.11. The van der Waals surface area contributed by atoms with Gasteiger partial charge >= 0.3 is 0 Å². The molecule has 1 aliphatic rings. The molecule has 10 heteroatoms. The molecule has 0 aromatic rings. The molecule has 0 aromatic heterocycles. The average molecular weight is 363 g/mol. The Labute approximate surface area is 146 Å². The summed E-state index contributed by atoms with van der Waals surface area (Å²) in [6.45, 7) is 4.15. The highest BCUT2D eigenvalue weighted by atomic mass is 16.7. The molecule has 6 atom stereocenters. The third-order valence-corrected chi connectivity index (χ3v) is 3.93. The van der Waals surface area contributed by atoms with E-state index in [0.717, 1.165) is 0 Å². The lowest BCUT2D eigenvalue weighted by molar-refractivity contribution is -0.292. The summed E-state index contributed by atoms with van der Waals surface area (Å²) in [6, 6.07) is -0.598. The number of nitrogens with two attached hydrogens (primary N) is 1. The number of ether oxygens (including phenoxy) is 2. The fraction of sp³-hybridized carbons (Fsp3) is 0.867. The number of amides is 2. The Morgan fingerprint density at radius 3 is 2.52 bits per heavy atom. The Morgan fingerprint density at radius 2 is 1.92 bits per heavy atom. The van der Waals surface area contributed by atoms with Crippen LogP contribution in [0.4, 0.5) is 0 Å². The van der Waals surface area contributed by atoms with Crippen LogP contribution >= 0.6 is 0 Å². The van der Waals surface area contributed by atoms with E-state index in [1.165, 1.54) is 0 Å². The molecule has 2 amide bonds. The van der Waals surface area contributed by atoms with Crippen molar-refractivity contribution in [3.8, 4) is 0 Å². The summed E-state index contributed by atoms with van der Waals surface area (Å²) in [5, 5.41) is 34.8. The van der Waals surface area contributed by atoms with Gasteiger partial charge in [-0.3, -0.25) is 9.59 Å². The first-order valence-electron chi connectivity index (χ1n) is 8.38. The van der Waals surface area contributed by atoms with Gasteiger partial charge in [0, 0.05) is 19.5 Å². The molecule has 25 heavy (non-hydrogen) atoms. The van der Waals surface area contributed by atoms with Crippen molar-refractivity contribution in [3.63, 3.8) is 0 Å². The molecule has 0 bridgehead atoms. The monoisotopic (exact) mass is 363 g/mol.